The van der Waals surface area contributed by atoms with E-state index in [1.807, 2.05) is 0 Å². The van der Waals surface area contributed by atoms with Crippen LogP contribution in [0.5, 0.6) is 0 Å². The van der Waals surface area contributed by atoms with Crippen LogP contribution >= 0.6 is 0 Å². The summed E-state index contributed by atoms with van der Waals surface area (Å²) in [5.41, 5.74) is 4.55. The molecule has 51 heavy (non-hydrogen) atoms. The monoisotopic (exact) mass is 658 g/mol. The number of ether oxygens (including phenoxy) is 2. The zero-order valence-electron chi connectivity index (χ0n) is 27.9. The number of aliphatic imine (C=N–C) groups is 2. The standard InChI is InChI=1S/C47H34N2O2/c1-5-21-34-30(13-1)17-9-25-38(34)44-46(40-27-11-19-32-15-3-7-23-36(32)40)50-42(48-44)29-43-49-45(39-26-10-18-31-14-2-6-22-35(31)39)47(51-43)41-28-12-20-33-16-4-8-24-37(33)41/h1-28,44-47H,29H2/t44-,45-,46+,47+/m0/s1. The van der Waals surface area contributed by atoms with Crippen LogP contribution in [0.4, 0.5) is 0 Å². The van der Waals surface area contributed by atoms with E-state index in [0.29, 0.717) is 18.2 Å². The molecule has 0 unspecified atom stereocenters. The van der Waals surface area contributed by atoms with Gasteiger partial charge >= 0.3 is 0 Å². The average molecular weight is 659 g/mol. The number of nitrogens with zero attached hydrogens (tertiary/aromatic N) is 2. The van der Waals surface area contributed by atoms with E-state index >= 15 is 0 Å². The van der Waals surface area contributed by atoms with Gasteiger partial charge in [0.2, 0.25) is 0 Å². The second-order valence-electron chi connectivity index (χ2n) is 13.5. The first-order chi connectivity index (χ1) is 25.3. The van der Waals surface area contributed by atoms with Crippen LogP contribution in [0.15, 0.2) is 180 Å². The Hall–Kier alpha value is -6.26. The van der Waals surface area contributed by atoms with Gasteiger partial charge in [-0.25, -0.2) is 9.98 Å². The van der Waals surface area contributed by atoms with Crippen LogP contribution in [0.25, 0.3) is 43.1 Å². The first-order valence-electron chi connectivity index (χ1n) is 17.7. The lowest BCUT2D eigenvalue weighted by molar-refractivity contribution is 0.185. The number of hydrogen-bond donors (Lipinski definition) is 0. The van der Waals surface area contributed by atoms with Gasteiger partial charge in [0.1, 0.15) is 12.1 Å². The van der Waals surface area contributed by atoms with E-state index in [-0.39, 0.29) is 24.3 Å². The maximum Gasteiger partial charge on any atom is 0.194 e. The highest BCUT2D eigenvalue weighted by Crippen LogP contribution is 2.47. The van der Waals surface area contributed by atoms with Crippen LogP contribution in [0.3, 0.4) is 0 Å². The van der Waals surface area contributed by atoms with Crippen molar-refractivity contribution in [2.24, 2.45) is 9.98 Å². The third-order valence-corrected chi connectivity index (χ3v) is 10.5. The first-order valence-corrected chi connectivity index (χ1v) is 17.7. The molecule has 8 aromatic carbocycles. The van der Waals surface area contributed by atoms with Crippen molar-refractivity contribution in [3.8, 4) is 0 Å². The Kier molecular flexibility index (Phi) is 7.12. The van der Waals surface area contributed by atoms with Crippen molar-refractivity contribution in [1.29, 1.82) is 0 Å². The third kappa shape index (κ3) is 5.14. The minimum absolute atomic E-state index is 0.235. The zero-order valence-corrected chi connectivity index (χ0v) is 27.9. The predicted octanol–water partition coefficient (Wildman–Crippen LogP) is 11.8. The largest absolute Gasteiger partial charge is 0.470 e. The molecule has 0 aromatic heterocycles. The van der Waals surface area contributed by atoms with Gasteiger partial charge in [-0.15, -0.1) is 0 Å². The lowest BCUT2D eigenvalue weighted by atomic mass is 9.90. The minimum atomic E-state index is -0.304. The fraction of sp³-hybridized carbons (Fsp3) is 0.106. The Morgan fingerprint density at radius 2 is 0.627 bits per heavy atom. The zero-order chi connectivity index (χ0) is 33.7. The van der Waals surface area contributed by atoms with Crippen LogP contribution in [0, 0.1) is 0 Å². The maximum atomic E-state index is 6.95. The Morgan fingerprint density at radius 1 is 0.333 bits per heavy atom. The van der Waals surface area contributed by atoms with Crippen molar-refractivity contribution in [2.75, 3.05) is 0 Å². The van der Waals surface area contributed by atoms with E-state index in [4.69, 9.17) is 19.5 Å². The van der Waals surface area contributed by atoms with Crippen LogP contribution in [0.2, 0.25) is 0 Å². The highest BCUT2D eigenvalue weighted by Gasteiger charge is 2.39. The van der Waals surface area contributed by atoms with Crippen molar-refractivity contribution in [2.45, 2.75) is 30.7 Å². The Morgan fingerprint density at radius 3 is 1.00 bits per heavy atom. The summed E-state index contributed by atoms with van der Waals surface area (Å²) >= 11 is 0. The summed E-state index contributed by atoms with van der Waals surface area (Å²) in [6.07, 6.45) is -0.242. The van der Waals surface area contributed by atoms with Gasteiger partial charge in [0.05, 0.1) is 6.42 Å². The van der Waals surface area contributed by atoms with Crippen LogP contribution in [-0.4, -0.2) is 11.8 Å². The SMILES string of the molecule is c1ccc2c([C@H]3OC(CC4=N[C@@H](c5cccc6ccccc56)[C@@H](c5cccc6ccccc56)O4)=N[C@H]3c3cccc4ccccc34)cccc2c1. The normalized spacial score (nSPS) is 20.0. The number of hydrogen-bond acceptors (Lipinski definition) is 4. The Labute approximate surface area is 296 Å². The molecule has 4 atom stereocenters. The molecule has 0 spiro atoms. The van der Waals surface area contributed by atoms with Crippen LogP contribution in [0.1, 0.15) is 53.0 Å². The Bertz CT molecular complexity index is 2470. The van der Waals surface area contributed by atoms with Gasteiger partial charge in [-0.05, 0) is 54.2 Å². The van der Waals surface area contributed by atoms with E-state index < -0.39 is 0 Å². The fourth-order valence-electron chi connectivity index (χ4n) is 8.18. The van der Waals surface area contributed by atoms with E-state index in [1.54, 1.807) is 0 Å². The molecule has 0 bridgehead atoms. The number of benzene rings is 8. The molecule has 0 fully saturated rings. The quantitative estimate of drug-likeness (QED) is 0.178. The van der Waals surface area contributed by atoms with E-state index in [2.05, 4.69) is 170 Å². The molecule has 10 rings (SSSR count). The molecule has 0 N–H and O–H groups in total. The molecule has 2 heterocycles. The summed E-state index contributed by atoms with van der Waals surface area (Å²) in [4.78, 5) is 10.7. The summed E-state index contributed by atoms with van der Waals surface area (Å²) in [7, 11) is 0. The second-order valence-corrected chi connectivity index (χ2v) is 13.5. The fourth-order valence-corrected chi connectivity index (χ4v) is 8.18. The van der Waals surface area contributed by atoms with Crippen molar-refractivity contribution in [1.82, 2.24) is 0 Å². The second kappa shape index (κ2) is 12.3. The van der Waals surface area contributed by atoms with Gasteiger partial charge in [-0.1, -0.05) is 170 Å². The number of rotatable bonds is 6. The molecule has 0 amide bonds. The summed E-state index contributed by atoms with van der Waals surface area (Å²) in [6.45, 7) is 0. The summed E-state index contributed by atoms with van der Waals surface area (Å²) in [5.74, 6) is 1.28. The van der Waals surface area contributed by atoms with Gasteiger partial charge < -0.3 is 9.47 Å². The molecular weight excluding hydrogens is 625 g/mol. The predicted molar refractivity (Wildman–Crippen MR) is 208 cm³/mol. The van der Waals surface area contributed by atoms with Crippen molar-refractivity contribution in [3.63, 3.8) is 0 Å². The van der Waals surface area contributed by atoms with E-state index in [1.165, 1.54) is 43.1 Å². The first kappa shape index (κ1) is 29.6. The summed E-state index contributed by atoms with van der Waals surface area (Å²) < 4.78 is 13.9. The van der Waals surface area contributed by atoms with Crippen LogP contribution in [-0.2, 0) is 9.47 Å². The lowest BCUT2D eigenvalue weighted by Gasteiger charge is -2.22. The molecule has 4 nitrogen and oxygen atoms in total. The van der Waals surface area contributed by atoms with Gasteiger partial charge in [0, 0.05) is 11.1 Å². The van der Waals surface area contributed by atoms with Crippen molar-refractivity contribution >= 4 is 54.9 Å². The van der Waals surface area contributed by atoms with Crippen LogP contribution < -0.4 is 0 Å². The molecule has 2 aliphatic rings. The summed E-state index contributed by atoms with van der Waals surface area (Å²) in [6, 6.07) is 59.5. The van der Waals surface area contributed by atoms with E-state index in [9.17, 15) is 0 Å². The molecule has 8 aromatic rings. The molecule has 0 radical (unpaired) electrons. The molecular formula is C47H34N2O2. The Balaban J connectivity index is 1.08. The van der Waals surface area contributed by atoms with Crippen molar-refractivity contribution < 1.29 is 9.47 Å². The highest BCUT2D eigenvalue weighted by molar-refractivity contribution is 6.00. The van der Waals surface area contributed by atoms with Gasteiger partial charge in [0.15, 0.2) is 24.0 Å². The van der Waals surface area contributed by atoms with E-state index in [0.717, 1.165) is 22.3 Å². The molecule has 244 valence electrons. The molecule has 0 aliphatic carbocycles. The minimum Gasteiger partial charge on any atom is -0.470 e. The molecule has 2 aliphatic heterocycles. The smallest absolute Gasteiger partial charge is 0.194 e. The molecule has 0 saturated carbocycles. The summed E-state index contributed by atoms with van der Waals surface area (Å²) in [5, 5.41) is 9.47. The number of fused-ring (bicyclic) bond motifs is 4. The highest BCUT2D eigenvalue weighted by atomic mass is 16.5. The maximum absolute atomic E-state index is 6.95. The average Bonchev–Trinajstić information content (AvgIpc) is 3.81. The van der Waals surface area contributed by atoms with Crippen molar-refractivity contribution in [3.05, 3.63) is 192 Å². The molecule has 0 saturated heterocycles. The van der Waals surface area contributed by atoms with Gasteiger partial charge in [-0.3, -0.25) is 0 Å². The van der Waals surface area contributed by atoms with Gasteiger partial charge in [0.25, 0.3) is 0 Å². The topological polar surface area (TPSA) is 43.2 Å². The van der Waals surface area contributed by atoms with Gasteiger partial charge in [-0.2, -0.15) is 0 Å². The molecule has 4 heteroatoms. The third-order valence-electron chi connectivity index (χ3n) is 10.5. The lowest BCUT2D eigenvalue weighted by Crippen LogP contribution is -2.13.